The SMILES string of the molecule is CC(O)N(C1=CCC2CC(=O)C2=C1)C(C)O. The molecule has 1 fully saturated rings. The molecule has 0 amide bonds. The molecule has 0 spiro atoms. The Bertz CT molecular complexity index is 360. The molecule has 2 aliphatic carbocycles. The van der Waals surface area contributed by atoms with Crippen LogP contribution in [0.1, 0.15) is 26.7 Å². The van der Waals surface area contributed by atoms with Crippen LogP contribution < -0.4 is 0 Å². The Morgan fingerprint density at radius 2 is 2.00 bits per heavy atom. The molecule has 0 bridgehead atoms. The summed E-state index contributed by atoms with van der Waals surface area (Å²) in [5, 5.41) is 19.2. The van der Waals surface area contributed by atoms with Crippen LogP contribution in [0.3, 0.4) is 0 Å². The summed E-state index contributed by atoms with van der Waals surface area (Å²) in [6.07, 6.45) is 3.69. The summed E-state index contributed by atoms with van der Waals surface area (Å²) in [6.45, 7) is 3.20. The van der Waals surface area contributed by atoms with Crippen molar-refractivity contribution in [2.45, 2.75) is 39.1 Å². The summed E-state index contributed by atoms with van der Waals surface area (Å²) in [6, 6.07) is 0. The number of aliphatic hydroxyl groups excluding tert-OH is 2. The second kappa shape index (κ2) is 4.03. The summed E-state index contributed by atoms with van der Waals surface area (Å²) in [4.78, 5) is 12.8. The molecule has 0 aromatic rings. The Morgan fingerprint density at radius 1 is 1.38 bits per heavy atom. The van der Waals surface area contributed by atoms with Crippen molar-refractivity contribution in [2.75, 3.05) is 0 Å². The van der Waals surface area contributed by atoms with Crippen molar-refractivity contribution in [1.82, 2.24) is 4.90 Å². The molecule has 2 rings (SSSR count). The predicted molar refractivity (Wildman–Crippen MR) is 59.1 cm³/mol. The monoisotopic (exact) mass is 223 g/mol. The first-order valence-corrected chi connectivity index (χ1v) is 5.60. The smallest absolute Gasteiger partial charge is 0.159 e. The Morgan fingerprint density at radius 3 is 2.50 bits per heavy atom. The van der Waals surface area contributed by atoms with E-state index < -0.39 is 12.5 Å². The largest absolute Gasteiger partial charge is 0.374 e. The summed E-state index contributed by atoms with van der Waals surface area (Å²) in [7, 11) is 0. The average molecular weight is 223 g/mol. The number of aliphatic hydroxyl groups is 2. The highest BCUT2D eigenvalue weighted by Crippen LogP contribution is 2.38. The lowest BCUT2D eigenvalue weighted by atomic mass is 9.73. The molecule has 0 aromatic carbocycles. The van der Waals surface area contributed by atoms with Gasteiger partial charge >= 0.3 is 0 Å². The van der Waals surface area contributed by atoms with Crippen molar-refractivity contribution in [1.29, 1.82) is 0 Å². The van der Waals surface area contributed by atoms with Crippen molar-refractivity contribution < 1.29 is 15.0 Å². The highest BCUT2D eigenvalue weighted by molar-refractivity contribution is 6.03. The Labute approximate surface area is 94.9 Å². The van der Waals surface area contributed by atoms with Crippen LogP contribution in [0.4, 0.5) is 0 Å². The van der Waals surface area contributed by atoms with Gasteiger partial charge in [0.25, 0.3) is 0 Å². The molecule has 3 atom stereocenters. The van der Waals surface area contributed by atoms with Gasteiger partial charge < -0.3 is 15.1 Å². The summed E-state index contributed by atoms with van der Waals surface area (Å²) in [5.41, 5.74) is 1.58. The zero-order valence-electron chi connectivity index (χ0n) is 9.55. The minimum absolute atomic E-state index is 0.187. The van der Waals surface area contributed by atoms with Crippen LogP contribution in [0.25, 0.3) is 0 Å². The third kappa shape index (κ3) is 1.79. The molecule has 0 aromatic heterocycles. The van der Waals surface area contributed by atoms with E-state index in [1.165, 1.54) is 4.90 Å². The summed E-state index contributed by atoms with van der Waals surface area (Å²) >= 11 is 0. The van der Waals surface area contributed by atoms with Gasteiger partial charge in [-0.2, -0.15) is 0 Å². The Kier molecular flexibility index (Phi) is 2.86. The van der Waals surface area contributed by atoms with E-state index in [9.17, 15) is 15.0 Å². The highest BCUT2D eigenvalue weighted by atomic mass is 16.3. The van der Waals surface area contributed by atoms with Crippen molar-refractivity contribution in [3.05, 3.63) is 23.4 Å². The number of carbonyl (C=O) groups is 1. The molecular weight excluding hydrogens is 206 g/mol. The van der Waals surface area contributed by atoms with E-state index >= 15 is 0 Å². The van der Waals surface area contributed by atoms with Crippen LogP contribution in [0.5, 0.6) is 0 Å². The average Bonchev–Trinajstić information content (AvgIpc) is 2.17. The molecule has 0 radical (unpaired) electrons. The maximum Gasteiger partial charge on any atom is 0.159 e. The van der Waals surface area contributed by atoms with E-state index in [0.29, 0.717) is 12.3 Å². The van der Waals surface area contributed by atoms with Gasteiger partial charge in [0.15, 0.2) is 5.78 Å². The molecule has 0 heterocycles. The number of allylic oxidation sites excluding steroid dienone is 3. The number of hydrogen-bond acceptors (Lipinski definition) is 4. The normalized spacial score (nSPS) is 27.2. The van der Waals surface area contributed by atoms with Gasteiger partial charge in [0, 0.05) is 17.7 Å². The lowest BCUT2D eigenvalue weighted by molar-refractivity contribution is -0.120. The molecule has 88 valence electrons. The first kappa shape index (κ1) is 11.4. The second-order valence-electron chi connectivity index (χ2n) is 4.46. The van der Waals surface area contributed by atoms with Crippen molar-refractivity contribution in [2.24, 2.45) is 5.92 Å². The molecular formula is C12H17NO3. The topological polar surface area (TPSA) is 60.8 Å². The molecule has 4 heteroatoms. The molecule has 16 heavy (non-hydrogen) atoms. The molecule has 0 saturated heterocycles. The summed E-state index contributed by atoms with van der Waals surface area (Å²) < 4.78 is 0. The van der Waals surface area contributed by atoms with Crippen LogP contribution in [-0.4, -0.2) is 33.4 Å². The van der Waals surface area contributed by atoms with E-state index in [1.807, 2.05) is 6.08 Å². The predicted octanol–water partition coefficient (Wildman–Crippen LogP) is 0.768. The van der Waals surface area contributed by atoms with Gasteiger partial charge in [0.05, 0.1) is 0 Å². The van der Waals surface area contributed by atoms with Crippen molar-refractivity contribution >= 4 is 5.78 Å². The molecule has 1 saturated carbocycles. The summed E-state index contributed by atoms with van der Waals surface area (Å²) in [5.74, 6) is 0.549. The number of Topliss-reactive ketones (excluding diaryl/α,β-unsaturated/α-hetero) is 1. The van der Waals surface area contributed by atoms with Gasteiger partial charge in [-0.25, -0.2) is 0 Å². The van der Waals surface area contributed by atoms with Gasteiger partial charge in [-0.1, -0.05) is 6.08 Å². The van der Waals surface area contributed by atoms with Crippen LogP contribution >= 0.6 is 0 Å². The van der Waals surface area contributed by atoms with Crippen LogP contribution in [0.15, 0.2) is 23.4 Å². The molecule has 2 aliphatic rings. The van der Waals surface area contributed by atoms with E-state index in [4.69, 9.17) is 0 Å². The number of ketones is 1. The molecule has 2 N–H and O–H groups in total. The van der Waals surface area contributed by atoms with E-state index in [1.54, 1.807) is 19.9 Å². The van der Waals surface area contributed by atoms with Crippen molar-refractivity contribution in [3.8, 4) is 0 Å². The standard InChI is InChI=1S/C12H17NO3/c1-7(14)13(8(2)15)10-4-3-9-5-12(16)11(9)6-10/h4,6-9,14-15H,3,5H2,1-2H3. The van der Waals surface area contributed by atoms with Gasteiger partial charge in [0.1, 0.15) is 12.5 Å². The number of fused-ring (bicyclic) bond motifs is 1. The lowest BCUT2D eigenvalue weighted by Crippen LogP contribution is -2.41. The first-order valence-electron chi connectivity index (χ1n) is 5.60. The zero-order chi connectivity index (χ0) is 11.9. The Hall–Kier alpha value is -1.13. The maximum absolute atomic E-state index is 11.3. The fourth-order valence-corrected chi connectivity index (χ4v) is 2.36. The minimum Gasteiger partial charge on any atom is -0.374 e. The van der Waals surface area contributed by atoms with E-state index in [2.05, 4.69) is 0 Å². The van der Waals surface area contributed by atoms with Crippen molar-refractivity contribution in [3.63, 3.8) is 0 Å². The second-order valence-corrected chi connectivity index (χ2v) is 4.46. The lowest BCUT2D eigenvalue weighted by Gasteiger charge is -2.37. The molecule has 3 unspecified atom stereocenters. The minimum atomic E-state index is -0.769. The van der Waals surface area contributed by atoms with Gasteiger partial charge in [-0.05, 0) is 32.3 Å². The van der Waals surface area contributed by atoms with Crippen LogP contribution in [-0.2, 0) is 4.79 Å². The number of carbonyl (C=O) groups excluding carboxylic acids is 1. The first-order chi connectivity index (χ1) is 7.50. The quantitative estimate of drug-likeness (QED) is 0.694. The van der Waals surface area contributed by atoms with E-state index in [0.717, 1.165) is 17.7 Å². The van der Waals surface area contributed by atoms with E-state index in [-0.39, 0.29) is 5.78 Å². The third-order valence-corrected chi connectivity index (χ3v) is 3.21. The number of nitrogens with zero attached hydrogens (tertiary/aromatic N) is 1. The van der Waals surface area contributed by atoms with Crippen LogP contribution in [0.2, 0.25) is 0 Å². The number of hydrogen-bond donors (Lipinski definition) is 2. The Balaban J connectivity index is 2.21. The highest BCUT2D eigenvalue weighted by Gasteiger charge is 2.35. The third-order valence-electron chi connectivity index (χ3n) is 3.21. The fraction of sp³-hybridized carbons (Fsp3) is 0.583. The molecule has 0 aliphatic heterocycles. The fourth-order valence-electron chi connectivity index (χ4n) is 2.36. The molecule has 4 nitrogen and oxygen atoms in total. The van der Waals surface area contributed by atoms with Gasteiger partial charge in [-0.15, -0.1) is 0 Å². The van der Waals surface area contributed by atoms with Gasteiger partial charge in [-0.3, -0.25) is 4.79 Å². The number of rotatable bonds is 3. The van der Waals surface area contributed by atoms with Crippen LogP contribution in [0, 0.1) is 5.92 Å². The van der Waals surface area contributed by atoms with Gasteiger partial charge in [0.2, 0.25) is 0 Å². The zero-order valence-corrected chi connectivity index (χ0v) is 9.55. The maximum atomic E-state index is 11.3.